The Balaban J connectivity index is 2.28. The maximum Gasteiger partial charge on any atom is 0.266 e. The van der Waals surface area contributed by atoms with E-state index in [-0.39, 0.29) is 5.57 Å². The minimum atomic E-state index is -0.534. The lowest BCUT2D eigenvalue weighted by atomic mass is 10.1. The van der Waals surface area contributed by atoms with Gasteiger partial charge in [0, 0.05) is 37.6 Å². The van der Waals surface area contributed by atoms with Gasteiger partial charge in [-0.1, -0.05) is 12.1 Å². The van der Waals surface area contributed by atoms with Crippen molar-refractivity contribution in [1.29, 1.82) is 5.26 Å². The summed E-state index contributed by atoms with van der Waals surface area (Å²) >= 11 is 0. The number of nitriles is 1. The number of benzene rings is 2. The van der Waals surface area contributed by atoms with Gasteiger partial charge in [-0.3, -0.25) is 4.79 Å². The number of amides is 1. The largest absolute Gasteiger partial charge is 0.493 e. The van der Waals surface area contributed by atoms with Gasteiger partial charge in [0.15, 0.2) is 11.5 Å². The summed E-state index contributed by atoms with van der Waals surface area (Å²) in [5.74, 6) is 0.686. The van der Waals surface area contributed by atoms with Gasteiger partial charge in [0.2, 0.25) is 5.75 Å². The van der Waals surface area contributed by atoms with E-state index in [1.54, 1.807) is 12.1 Å². The van der Waals surface area contributed by atoms with Crippen molar-refractivity contribution in [2.24, 2.45) is 0 Å². The van der Waals surface area contributed by atoms with E-state index in [1.807, 2.05) is 49.3 Å². The summed E-state index contributed by atoms with van der Waals surface area (Å²) in [6, 6.07) is 12.7. The van der Waals surface area contributed by atoms with Crippen molar-refractivity contribution in [1.82, 2.24) is 0 Å². The normalized spacial score (nSPS) is 10.6. The average molecular weight is 381 g/mol. The lowest BCUT2D eigenvalue weighted by Crippen LogP contribution is -2.14. The summed E-state index contributed by atoms with van der Waals surface area (Å²) in [6.45, 7) is 0. The number of nitrogens with one attached hydrogen (secondary N) is 1. The fourth-order valence-electron chi connectivity index (χ4n) is 2.54. The van der Waals surface area contributed by atoms with Crippen molar-refractivity contribution in [2.75, 3.05) is 45.6 Å². The van der Waals surface area contributed by atoms with E-state index in [2.05, 4.69) is 5.32 Å². The minimum absolute atomic E-state index is 0.0219. The number of ether oxygens (including phenoxy) is 3. The molecule has 0 fully saturated rings. The Morgan fingerprint density at radius 1 is 1.04 bits per heavy atom. The predicted molar refractivity (Wildman–Crippen MR) is 109 cm³/mol. The number of hydrogen-bond acceptors (Lipinski definition) is 6. The maximum atomic E-state index is 12.6. The smallest absolute Gasteiger partial charge is 0.266 e. The van der Waals surface area contributed by atoms with Crippen molar-refractivity contribution < 1.29 is 19.0 Å². The number of methoxy groups -OCH3 is 3. The number of anilines is 2. The molecule has 2 aromatic carbocycles. The molecule has 2 aromatic rings. The Kier molecular flexibility index (Phi) is 6.88. The van der Waals surface area contributed by atoms with Crippen LogP contribution in [0.4, 0.5) is 11.4 Å². The number of carbonyl (C=O) groups excluding carboxylic acids is 1. The summed E-state index contributed by atoms with van der Waals surface area (Å²) in [7, 11) is 8.35. The van der Waals surface area contributed by atoms with Crippen molar-refractivity contribution in [3.05, 3.63) is 47.5 Å². The first-order chi connectivity index (χ1) is 13.4. The Morgan fingerprint density at radius 2 is 1.61 bits per heavy atom. The van der Waals surface area contributed by atoms with E-state index in [0.29, 0.717) is 22.9 Å². The van der Waals surface area contributed by atoms with E-state index < -0.39 is 5.91 Å². The van der Waals surface area contributed by atoms with Crippen LogP contribution in [0.25, 0.3) is 6.08 Å². The maximum absolute atomic E-state index is 12.6. The van der Waals surface area contributed by atoms with Crippen molar-refractivity contribution in [2.45, 2.75) is 0 Å². The zero-order valence-corrected chi connectivity index (χ0v) is 16.6. The second-order valence-electron chi connectivity index (χ2n) is 6.02. The standard InChI is InChI=1S/C21H23N3O4/c1-24(2)17-8-6-14(7-9-17)10-15(13-22)21(25)23-16-11-18(26-3)20(28-5)19(12-16)27-4/h6-12H,1-5H3,(H,23,25)/b15-10-. The molecule has 0 aromatic heterocycles. The molecule has 28 heavy (non-hydrogen) atoms. The van der Waals surface area contributed by atoms with Crippen molar-refractivity contribution in [3.63, 3.8) is 0 Å². The van der Waals surface area contributed by atoms with Crippen LogP contribution in [-0.4, -0.2) is 41.3 Å². The summed E-state index contributed by atoms with van der Waals surface area (Å²) in [4.78, 5) is 14.5. The van der Waals surface area contributed by atoms with Gasteiger partial charge in [0.25, 0.3) is 5.91 Å². The molecule has 146 valence electrons. The molecule has 0 unspecified atom stereocenters. The first-order valence-electron chi connectivity index (χ1n) is 8.44. The molecule has 2 rings (SSSR count). The lowest BCUT2D eigenvalue weighted by Gasteiger charge is -2.14. The Labute approximate surface area is 164 Å². The van der Waals surface area contributed by atoms with Gasteiger partial charge in [-0.2, -0.15) is 5.26 Å². The van der Waals surface area contributed by atoms with Crippen LogP contribution in [0.1, 0.15) is 5.56 Å². The molecular formula is C21H23N3O4. The molecule has 7 nitrogen and oxygen atoms in total. The highest BCUT2D eigenvalue weighted by Crippen LogP contribution is 2.40. The number of nitrogens with zero attached hydrogens (tertiary/aromatic N) is 2. The van der Waals surface area contributed by atoms with Crippen LogP contribution >= 0.6 is 0 Å². The predicted octanol–water partition coefficient (Wildman–Crippen LogP) is 3.32. The molecular weight excluding hydrogens is 358 g/mol. The molecule has 0 aliphatic rings. The molecule has 0 saturated carbocycles. The monoisotopic (exact) mass is 381 g/mol. The zero-order valence-electron chi connectivity index (χ0n) is 16.6. The van der Waals surface area contributed by atoms with Crippen LogP contribution in [0, 0.1) is 11.3 Å². The molecule has 0 aliphatic carbocycles. The minimum Gasteiger partial charge on any atom is -0.493 e. The first kappa shape index (κ1) is 20.6. The van der Waals surface area contributed by atoms with E-state index >= 15 is 0 Å². The van der Waals surface area contributed by atoms with Gasteiger partial charge < -0.3 is 24.4 Å². The zero-order chi connectivity index (χ0) is 20.7. The van der Waals surface area contributed by atoms with Gasteiger partial charge in [-0.05, 0) is 23.8 Å². The fraction of sp³-hybridized carbons (Fsp3) is 0.238. The molecule has 0 saturated heterocycles. The summed E-state index contributed by atoms with van der Waals surface area (Å²) < 4.78 is 15.8. The Hall–Kier alpha value is -3.66. The molecule has 1 N–H and O–H groups in total. The molecule has 0 bridgehead atoms. The third-order valence-corrected chi connectivity index (χ3v) is 4.01. The van der Waals surface area contributed by atoms with Crippen LogP contribution < -0.4 is 24.4 Å². The molecule has 1 amide bonds. The fourth-order valence-corrected chi connectivity index (χ4v) is 2.54. The van der Waals surface area contributed by atoms with Crippen molar-refractivity contribution in [3.8, 4) is 23.3 Å². The van der Waals surface area contributed by atoms with Gasteiger partial charge in [0.1, 0.15) is 11.6 Å². The average Bonchev–Trinajstić information content (AvgIpc) is 2.71. The Bertz CT molecular complexity index is 887. The number of hydrogen-bond donors (Lipinski definition) is 1. The lowest BCUT2D eigenvalue weighted by molar-refractivity contribution is -0.112. The van der Waals surface area contributed by atoms with Crippen molar-refractivity contribution >= 4 is 23.4 Å². The highest BCUT2D eigenvalue weighted by molar-refractivity contribution is 6.09. The first-order valence-corrected chi connectivity index (χ1v) is 8.44. The number of rotatable bonds is 7. The van der Waals surface area contributed by atoms with Gasteiger partial charge in [-0.25, -0.2) is 0 Å². The number of carbonyl (C=O) groups is 1. The Morgan fingerprint density at radius 3 is 2.04 bits per heavy atom. The summed E-state index contributed by atoms with van der Waals surface area (Å²) in [5, 5.41) is 12.1. The molecule has 0 aliphatic heterocycles. The van der Waals surface area contributed by atoms with Crippen LogP contribution in [0.2, 0.25) is 0 Å². The van der Waals surface area contributed by atoms with Gasteiger partial charge in [0.05, 0.1) is 21.3 Å². The van der Waals surface area contributed by atoms with Crippen LogP contribution in [0.3, 0.4) is 0 Å². The highest BCUT2D eigenvalue weighted by Gasteiger charge is 2.16. The van der Waals surface area contributed by atoms with Gasteiger partial charge >= 0.3 is 0 Å². The topological polar surface area (TPSA) is 83.8 Å². The second-order valence-corrected chi connectivity index (χ2v) is 6.02. The summed E-state index contributed by atoms with van der Waals surface area (Å²) in [5.41, 5.74) is 2.18. The molecule has 0 heterocycles. The second kappa shape index (κ2) is 9.33. The molecule has 0 spiro atoms. The van der Waals surface area contributed by atoms with Crippen LogP contribution in [0.15, 0.2) is 42.0 Å². The molecule has 0 radical (unpaired) electrons. The molecule has 0 atom stereocenters. The summed E-state index contributed by atoms with van der Waals surface area (Å²) in [6.07, 6.45) is 1.53. The van der Waals surface area contributed by atoms with Crippen LogP contribution in [0.5, 0.6) is 17.2 Å². The van der Waals surface area contributed by atoms with Gasteiger partial charge in [-0.15, -0.1) is 0 Å². The van der Waals surface area contributed by atoms with E-state index in [9.17, 15) is 10.1 Å². The third-order valence-electron chi connectivity index (χ3n) is 4.01. The van der Waals surface area contributed by atoms with Crippen LogP contribution in [-0.2, 0) is 4.79 Å². The highest BCUT2D eigenvalue weighted by atomic mass is 16.5. The quantitative estimate of drug-likeness (QED) is 0.585. The molecule has 7 heteroatoms. The van der Waals surface area contributed by atoms with E-state index in [0.717, 1.165) is 11.3 Å². The van der Waals surface area contributed by atoms with E-state index in [1.165, 1.54) is 27.4 Å². The SMILES string of the molecule is COc1cc(NC(=O)/C(C#N)=C\c2ccc(N(C)C)cc2)cc(OC)c1OC. The van der Waals surface area contributed by atoms with E-state index in [4.69, 9.17) is 14.2 Å². The third kappa shape index (κ3) is 4.74.